The molecule has 0 aliphatic heterocycles. The minimum Gasteiger partial charge on any atom is -0.476 e. The molecule has 116 valence electrons. The van der Waals surface area contributed by atoms with Gasteiger partial charge in [0.15, 0.2) is 16.5 Å². The van der Waals surface area contributed by atoms with Gasteiger partial charge in [-0.3, -0.25) is 9.12 Å². The van der Waals surface area contributed by atoms with Crippen molar-refractivity contribution in [1.29, 1.82) is 0 Å². The van der Waals surface area contributed by atoms with Crippen LogP contribution in [0.15, 0.2) is 12.1 Å². The van der Waals surface area contributed by atoms with E-state index in [0.717, 1.165) is 23.7 Å². The van der Waals surface area contributed by atoms with Crippen molar-refractivity contribution < 1.29 is 22.7 Å². The van der Waals surface area contributed by atoms with Gasteiger partial charge in [0.1, 0.15) is 5.82 Å². The smallest absolute Gasteiger partial charge is 0.358 e. The predicted octanol–water partition coefficient (Wildman–Crippen LogP) is 2.41. The molecular weight excluding hydrogens is 357 g/mol. The molecule has 3 rings (SSSR count). The summed E-state index contributed by atoms with van der Waals surface area (Å²) in [4.78, 5) is 15.3. The number of anilines is 1. The fourth-order valence-corrected chi connectivity index (χ4v) is 3.86. The zero-order valence-corrected chi connectivity index (χ0v) is 13.2. The van der Waals surface area contributed by atoms with Gasteiger partial charge in [0, 0.05) is 0 Å². The number of thiazole rings is 1. The molecule has 2 aromatic heterocycles. The van der Waals surface area contributed by atoms with Gasteiger partial charge >= 0.3 is 5.97 Å². The molecule has 0 saturated heterocycles. The van der Waals surface area contributed by atoms with Gasteiger partial charge in [-0.1, -0.05) is 22.9 Å². The minimum atomic E-state index is -3.74. The highest BCUT2D eigenvalue weighted by Crippen LogP contribution is 2.36. The number of benzene rings is 1. The molecular formula is C11H7ClFN3O4S2. The first-order chi connectivity index (χ1) is 10.2. The molecule has 0 aliphatic carbocycles. The van der Waals surface area contributed by atoms with Crippen molar-refractivity contribution in [2.45, 2.75) is 0 Å². The van der Waals surface area contributed by atoms with E-state index in [1.165, 1.54) is 10.5 Å². The second-order valence-corrected chi connectivity index (χ2v) is 7.52. The summed E-state index contributed by atoms with van der Waals surface area (Å²) in [6, 6.07) is 2.49. The number of hydrogen-bond acceptors (Lipinski definition) is 5. The summed E-state index contributed by atoms with van der Waals surface area (Å²) >= 11 is 6.84. The lowest BCUT2D eigenvalue weighted by molar-refractivity contribution is 0.0692. The minimum absolute atomic E-state index is 0.129. The van der Waals surface area contributed by atoms with Gasteiger partial charge in [-0.15, -0.1) is 0 Å². The molecule has 0 amide bonds. The molecule has 2 heterocycles. The molecule has 1 aromatic carbocycles. The van der Waals surface area contributed by atoms with E-state index in [2.05, 4.69) is 9.71 Å². The van der Waals surface area contributed by atoms with Crippen molar-refractivity contribution in [2.75, 3.05) is 11.0 Å². The summed E-state index contributed by atoms with van der Waals surface area (Å²) in [6.45, 7) is 0. The van der Waals surface area contributed by atoms with E-state index >= 15 is 0 Å². The van der Waals surface area contributed by atoms with Crippen LogP contribution >= 0.6 is 22.9 Å². The van der Waals surface area contributed by atoms with E-state index < -0.39 is 27.5 Å². The van der Waals surface area contributed by atoms with Crippen LogP contribution in [-0.4, -0.2) is 35.1 Å². The highest BCUT2D eigenvalue weighted by atomic mass is 35.5. The van der Waals surface area contributed by atoms with Crippen molar-refractivity contribution in [3.63, 3.8) is 0 Å². The average molecular weight is 364 g/mol. The van der Waals surface area contributed by atoms with E-state index in [9.17, 15) is 17.6 Å². The van der Waals surface area contributed by atoms with Gasteiger partial charge in [-0.25, -0.2) is 22.6 Å². The molecule has 3 aromatic rings. The van der Waals surface area contributed by atoms with E-state index in [4.69, 9.17) is 16.7 Å². The first kappa shape index (κ1) is 15.0. The lowest BCUT2D eigenvalue weighted by Gasteiger charge is -2.04. The lowest BCUT2D eigenvalue weighted by Crippen LogP contribution is -2.14. The maximum atomic E-state index is 13.5. The molecule has 7 nitrogen and oxygen atoms in total. The Bertz CT molecular complexity index is 1040. The normalized spacial score (nSPS) is 12.1. The zero-order chi connectivity index (χ0) is 16.2. The first-order valence-electron chi connectivity index (χ1n) is 5.69. The number of nitrogens with zero attached hydrogens (tertiary/aromatic N) is 2. The van der Waals surface area contributed by atoms with Gasteiger partial charge in [-0.2, -0.15) is 0 Å². The number of fused-ring (bicyclic) bond motifs is 3. The number of halogens is 2. The number of imidazole rings is 1. The standard InChI is InChI=1S/C11H7ClFN3O4S2/c1-22(19,20)15-9-7(10(17)18)14-11-16(9)5-3-2-4(13)6(12)8(5)21-11/h2-3,15H,1H3,(H,17,18). The van der Waals surface area contributed by atoms with E-state index in [0.29, 0.717) is 10.2 Å². The number of carbonyl (C=O) groups is 1. The molecule has 2 N–H and O–H groups in total. The van der Waals surface area contributed by atoms with Crippen LogP contribution in [0.25, 0.3) is 15.2 Å². The monoisotopic (exact) mass is 363 g/mol. The predicted molar refractivity (Wildman–Crippen MR) is 81.0 cm³/mol. The van der Waals surface area contributed by atoms with E-state index in [1.807, 2.05) is 0 Å². The van der Waals surface area contributed by atoms with Crippen molar-refractivity contribution in [3.05, 3.63) is 28.7 Å². The molecule has 0 saturated carbocycles. The molecule has 22 heavy (non-hydrogen) atoms. The van der Waals surface area contributed by atoms with Gasteiger partial charge in [0.05, 0.1) is 21.5 Å². The summed E-state index contributed by atoms with van der Waals surface area (Å²) in [5, 5.41) is 9.03. The van der Waals surface area contributed by atoms with Crippen LogP contribution in [-0.2, 0) is 10.0 Å². The molecule has 11 heteroatoms. The van der Waals surface area contributed by atoms with E-state index in [-0.39, 0.29) is 15.8 Å². The zero-order valence-electron chi connectivity index (χ0n) is 10.8. The Labute approximate surface area is 132 Å². The van der Waals surface area contributed by atoms with Gasteiger partial charge in [0.25, 0.3) is 0 Å². The van der Waals surface area contributed by atoms with Crippen LogP contribution in [0.1, 0.15) is 10.5 Å². The summed E-state index contributed by atoms with van der Waals surface area (Å²) in [7, 11) is -3.74. The van der Waals surface area contributed by atoms with Crippen LogP contribution in [0.2, 0.25) is 5.02 Å². The van der Waals surface area contributed by atoms with Gasteiger partial charge in [-0.05, 0) is 12.1 Å². The Balaban J connectivity index is 2.45. The van der Waals surface area contributed by atoms with Crippen LogP contribution < -0.4 is 4.72 Å². The number of sulfonamides is 1. The number of rotatable bonds is 3. The Hall–Kier alpha value is -1.91. The highest BCUT2D eigenvalue weighted by Gasteiger charge is 2.24. The third kappa shape index (κ3) is 2.28. The Morgan fingerprint density at radius 3 is 2.77 bits per heavy atom. The maximum Gasteiger partial charge on any atom is 0.358 e. The molecule has 0 bridgehead atoms. The summed E-state index contributed by atoms with van der Waals surface area (Å²) in [6.07, 6.45) is 0.888. The second kappa shape index (κ2) is 4.80. The number of aromatic nitrogens is 2. The average Bonchev–Trinajstić information content (AvgIpc) is 2.90. The van der Waals surface area contributed by atoms with Crippen molar-refractivity contribution >= 4 is 59.9 Å². The number of carboxylic acid groups (broad SMARTS) is 1. The van der Waals surface area contributed by atoms with E-state index in [1.54, 1.807) is 0 Å². The third-order valence-corrected chi connectivity index (χ3v) is 4.91. The summed E-state index contributed by atoms with van der Waals surface area (Å²) < 4.78 is 40.2. The van der Waals surface area contributed by atoms with Gasteiger partial charge in [0.2, 0.25) is 10.0 Å². The second-order valence-electron chi connectivity index (χ2n) is 4.42. The molecule has 0 fully saturated rings. The molecule has 0 unspecified atom stereocenters. The Kier molecular flexibility index (Phi) is 3.27. The fourth-order valence-electron chi connectivity index (χ4n) is 2.00. The Morgan fingerprint density at radius 2 is 2.18 bits per heavy atom. The molecule has 0 aliphatic rings. The van der Waals surface area contributed by atoms with Crippen molar-refractivity contribution in [3.8, 4) is 0 Å². The molecule has 0 spiro atoms. The highest BCUT2D eigenvalue weighted by molar-refractivity contribution is 7.92. The molecule has 0 atom stereocenters. The van der Waals surface area contributed by atoms with Crippen LogP contribution in [0.5, 0.6) is 0 Å². The quantitative estimate of drug-likeness (QED) is 0.744. The van der Waals surface area contributed by atoms with Crippen LogP contribution in [0.4, 0.5) is 10.2 Å². The SMILES string of the molecule is CS(=O)(=O)Nc1c(C(=O)O)nc2sc3c(Cl)c(F)ccc3n12. The van der Waals surface area contributed by atoms with Crippen LogP contribution in [0.3, 0.4) is 0 Å². The van der Waals surface area contributed by atoms with Gasteiger partial charge < -0.3 is 5.11 Å². The number of hydrogen-bond donors (Lipinski definition) is 2. The lowest BCUT2D eigenvalue weighted by atomic mass is 10.3. The number of aromatic carboxylic acids is 1. The number of nitrogens with one attached hydrogen (secondary N) is 1. The summed E-state index contributed by atoms with van der Waals surface area (Å²) in [5.74, 6) is -2.24. The maximum absolute atomic E-state index is 13.5. The summed E-state index contributed by atoms with van der Waals surface area (Å²) in [5.41, 5.74) is -0.0865. The first-order valence-corrected chi connectivity index (χ1v) is 8.77. The van der Waals surface area contributed by atoms with Crippen LogP contribution in [0, 0.1) is 5.82 Å². The topological polar surface area (TPSA) is 101 Å². The Morgan fingerprint density at radius 1 is 1.50 bits per heavy atom. The fraction of sp³-hybridized carbons (Fsp3) is 0.0909. The van der Waals surface area contributed by atoms with Crippen molar-refractivity contribution in [1.82, 2.24) is 9.38 Å². The van der Waals surface area contributed by atoms with Crippen molar-refractivity contribution in [2.24, 2.45) is 0 Å². The molecule has 0 radical (unpaired) electrons. The number of carboxylic acids is 1. The largest absolute Gasteiger partial charge is 0.476 e. The third-order valence-electron chi connectivity index (χ3n) is 2.79.